The van der Waals surface area contributed by atoms with E-state index in [9.17, 15) is 23.6 Å². The van der Waals surface area contributed by atoms with Crippen LogP contribution in [0.4, 0.5) is 16.2 Å². The van der Waals surface area contributed by atoms with Crippen molar-refractivity contribution < 1.29 is 29.0 Å². The van der Waals surface area contributed by atoms with Gasteiger partial charge in [0.05, 0.1) is 5.56 Å². The monoisotopic (exact) mass is 461 g/mol. The summed E-state index contributed by atoms with van der Waals surface area (Å²) in [6, 6.07) is 4.80. The molecule has 11 nitrogen and oxygen atoms in total. The molecule has 0 saturated heterocycles. The Labute approximate surface area is 187 Å². The third-order valence-corrected chi connectivity index (χ3v) is 5.46. The fourth-order valence-electron chi connectivity index (χ4n) is 3.62. The van der Waals surface area contributed by atoms with Crippen LogP contribution in [0.5, 0.6) is 0 Å². The maximum Gasteiger partial charge on any atom is 0.338 e. The molecule has 0 radical (unpaired) electrons. The molecule has 1 unspecified atom stereocenters. The standard InChI is InChI=1S/C21H24FN5O6/c22-14(19(30)31)8-15(20(32)33)25-17(28)12-5-3-10(4-6-12)1-2-11-7-13-16(24-9-11)26-21(23)27-18(13)29/h3-6,11,14-15H,1-2,7-9H2,(H,25,28)(H,30,31)(H,32,33)(H4,23,24,26,27,29)/t11?,14-,15-/m0/s1. The van der Waals surface area contributed by atoms with E-state index in [1.54, 1.807) is 12.1 Å². The average molecular weight is 461 g/mol. The van der Waals surface area contributed by atoms with E-state index >= 15 is 0 Å². The molecule has 0 bridgehead atoms. The number of nitrogen functional groups attached to an aromatic ring is 1. The molecule has 33 heavy (non-hydrogen) atoms. The number of aryl methyl sites for hydroxylation is 1. The molecule has 2 heterocycles. The SMILES string of the molecule is Nc1nc2c(c(=O)[nH]1)CC(CCc1ccc(C(=O)N[C@@H](C[C@H](F)C(=O)O)C(=O)O)cc1)CN2. The summed E-state index contributed by atoms with van der Waals surface area (Å²) in [5.74, 6) is -3.29. The maximum atomic E-state index is 13.4. The van der Waals surface area contributed by atoms with Gasteiger partial charge in [-0.05, 0) is 42.9 Å². The van der Waals surface area contributed by atoms with E-state index in [0.29, 0.717) is 30.8 Å². The number of nitrogens with two attached hydrogens (primary N) is 1. The number of anilines is 2. The number of benzene rings is 1. The quantitative estimate of drug-likeness (QED) is 0.310. The Hall–Kier alpha value is -3.96. The summed E-state index contributed by atoms with van der Waals surface area (Å²) in [5, 5.41) is 23.0. The summed E-state index contributed by atoms with van der Waals surface area (Å²) in [5.41, 5.74) is 6.97. The number of nitrogens with zero attached hydrogens (tertiary/aromatic N) is 1. The van der Waals surface area contributed by atoms with Crippen molar-refractivity contribution in [1.82, 2.24) is 15.3 Å². The fourth-order valence-corrected chi connectivity index (χ4v) is 3.62. The third-order valence-electron chi connectivity index (χ3n) is 5.46. The number of nitrogens with one attached hydrogen (secondary N) is 3. The van der Waals surface area contributed by atoms with Crippen LogP contribution in [0.1, 0.15) is 34.3 Å². The summed E-state index contributed by atoms with van der Waals surface area (Å²) in [7, 11) is 0. The predicted octanol–water partition coefficient (Wildman–Crippen LogP) is 0.565. The Morgan fingerprint density at radius 3 is 2.55 bits per heavy atom. The van der Waals surface area contributed by atoms with Crippen LogP contribution in [0.2, 0.25) is 0 Å². The molecule has 1 aromatic heterocycles. The van der Waals surface area contributed by atoms with Crippen molar-refractivity contribution in [2.45, 2.75) is 37.9 Å². The molecule has 176 valence electrons. The molecule has 0 spiro atoms. The van der Waals surface area contributed by atoms with Gasteiger partial charge in [-0.3, -0.25) is 14.6 Å². The fraction of sp³-hybridized carbons (Fsp3) is 0.381. The van der Waals surface area contributed by atoms with Gasteiger partial charge >= 0.3 is 11.9 Å². The van der Waals surface area contributed by atoms with Crippen molar-refractivity contribution in [3.05, 3.63) is 51.3 Å². The second kappa shape index (κ2) is 10.1. The minimum atomic E-state index is -2.40. The Bertz CT molecular complexity index is 1100. The van der Waals surface area contributed by atoms with E-state index in [0.717, 1.165) is 12.0 Å². The molecule has 7 N–H and O–H groups in total. The number of fused-ring (bicyclic) bond motifs is 1. The summed E-state index contributed by atoms with van der Waals surface area (Å²) in [6.45, 7) is 0.645. The zero-order valence-electron chi connectivity index (χ0n) is 17.5. The lowest BCUT2D eigenvalue weighted by Gasteiger charge is -2.24. The molecule has 1 aliphatic rings. The number of hydrogen-bond acceptors (Lipinski definition) is 7. The maximum absolute atomic E-state index is 13.4. The summed E-state index contributed by atoms with van der Waals surface area (Å²) in [6.07, 6.45) is -1.26. The molecule has 3 rings (SSSR count). The second-order valence-electron chi connectivity index (χ2n) is 7.87. The number of alkyl halides is 1. The first-order valence-electron chi connectivity index (χ1n) is 10.3. The lowest BCUT2D eigenvalue weighted by Crippen LogP contribution is -2.43. The van der Waals surface area contributed by atoms with Gasteiger partial charge in [0.25, 0.3) is 11.5 Å². The van der Waals surface area contributed by atoms with Crippen LogP contribution in [-0.4, -0.2) is 56.8 Å². The zero-order valence-corrected chi connectivity index (χ0v) is 17.5. The number of carboxylic acids is 2. The number of halogens is 1. The van der Waals surface area contributed by atoms with Crippen molar-refractivity contribution in [3.63, 3.8) is 0 Å². The molecule has 1 amide bonds. The van der Waals surface area contributed by atoms with Crippen molar-refractivity contribution >= 4 is 29.6 Å². The number of H-pyrrole nitrogens is 1. The molecular formula is C21H24FN5O6. The first-order valence-corrected chi connectivity index (χ1v) is 10.3. The van der Waals surface area contributed by atoms with E-state index < -0.39 is 36.5 Å². The van der Waals surface area contributed by atoms with Gasteiger partial charge in [0.2, 0.25) is 5.95 Å². The lowest BCUT2D eigenvalue weighted by atomic mass is 9.91. The van der Waals surface area contributed by atoms with E-state index in [4.69, 9.17) is 15.9 Å². The van der Waals surface area contributed by atoms with Crippen molar-refractivity contribution in [2.75, 3.05) is 17.6 Å². The molecule has 2 aromatic rings. The smallest absolute Gasteiger partial charge is 0.338 e. The van der Waals surface area contributed by atoms with Crippen molar-refractivity contribution in [2.24, 2.45) is 5.92 Å². The second-order valence-corrected chi connectivity index (χ2v) is 7.87. The Kier molecular flexibility index (Phi) is 7.26. The number of aromatic amines is 1. The topological polar surface area (TPSA) is 187 Å². The Balaban J connectivity index is 1.55. The highest BCUT2D eigenvalue weighted by Crippen LogP contribution is 2.23. The van der Waals surface area contributed by atoms with Crippen LogP contribution in [0.15, 0.2) is 29.1 Å². The first kappa shape index (κ1) is 23.7. The highest BCUT2D eigenvalue weighted by molar-refractivity contribution is 5.96. The lowest BCUT2D eigenvalue weighted by molar-refractivity contribution is -0.145. The third kappa shape index (κ3) is 6.05. The molecule has 0 fully saturated rings. The molecule has 3 atom stereocenters. The number of rotatable bonds is 9. The van der Waals surface area contributed by atoms with E-state index in [1.165, 1.54) is 12.1 Å². The number of amides is 1. The van der Waals surface area contributed by atoms with Gasteiger partial charge in [0, 0.05) is 18.5 Å². The van der Waals surface area contributed by atoms with Gasteiger partial charge in [0.15, 0.2) is 6.17 Å². The van der Waals surface area contributed by atoms with Crippen LogP contribution in [0, 0.1) is 5.92 Å². The molecule has 0 saturated carbocycles. The highest BCUT2D eigenvalue weighted by Gasteiger charge is 2.28. The number of hydrogen-bond donors (Lipinski definition) is 6. The van der Waals surface area contributed by atoms with Crippen LogP contribution in [0.3, 0.4) is 0 Å². The van der Waals surface area contributed by atoms with E-state index in [-0.39, 0.29) is 23.0 Å². The number of aliphatic carboxylic acids is 2. The van der Waals surface area contributed by atoms with Crippen LogP contribution < -0.4 is 21.9 Å². The molecule has 1 aliphatic heterocycles. The number of carbonyl (C=O) groups excluding carboxylic acids is 1. The van der Waals surface area contributed by atoms with Gasteiger partial charge in [-0.15, -0.1) is 0 Å². The normalized spacial score (nSPS) is 16.7. The minimum absolute atomic E-state index is 0.0647. The molecule has 0 aliphatic carbocycles. The highest BCUT2D eigenvalue weighted by atomic mass is 19.1. The first-order chi connectivity index (χ1) is 15.6. The zero-order chi connectivity index (χ0) is 24.1. The largest absolute Gasteiger partial charge is 0.480 e. The average Bonchev–Trinajstić information content (AvgIpc) is 2.77. The van der Waals surface area contributed by atoms with Gasteiger partial charge in [-0.2, -0.15) is 4.98 Å². The molecule has 1 aromatic carbocycles. The van der Waals surface area contributed by atoms with Crippen molar-refractivity contribution in [3.8, 4) is 0 Å². The number of carboxylic acid groups (broad SMARTS) is 2. The van der Waals surface area contributed by atoms with Gasteiger partial charge in [0.1, 0.15) is 11.9 Å². The Morgan fingerprint density at radius 1 is 1.21 bits per heavy atom. The summed E-state index contributed by atoms with van der Waals surface area (Å²) in [4.78, 5) is 52.8. The van der Waals surface area contributed by atoms with Crippen LogP contribution >= 0.6 is 0 Å². The predicted molar refractivity (Wildman–Crippen MR) is 116 cm³/mol. The summed E-state index contributed by atoms with van der Waals surface area (Å²) >= 11 is 0. The number of aromatic nitrogens is 2. The van der Waals surface area contributed by atoms with Crippen LogP contribution in [0.25, 0.3) is 0 Å². The molecular weight excluding hydrogens is 437 g/mol. The van der Waals surface area contributed by atoms with Crippen molar-refractivity contribution in [1.29, 1.82) is 0 Å². The minimum Gasteiger partial charge on any atom is -0.480 e. The Morgan fingerprint density at radius 2 is 1.91 bits per heavy atom. The van der Waals surface area contributed by atoms with E-state index in [1.807, 2.05) is 0 Å². The van der Waals surface area contributed by atoms with Gasteiger partial charge in [-0.1, -0.05) is 12.1 Å². The van der Waals surface area contributed by atoms with Gasteiger partial charge < -0.3 is 26.6 Å². The van der Waals surface area contributed by atoms with Gasteiger partial charge in [-0.25, -0.2) is 14.0 Å². The summed E-state index contributed by atoms with van der Waals surface area (Å²) < 4.78 is 13.4. The number of carbonyl (C=O) groups is 3. The molecule has 12 heteroatoms. The van der Waals surface area contributed by atoms with E-state index in [2.05, 4.69) is 20.6 Å². The van der Waals surface area contributed by atoms with Crippen LogP contribution in [-0.2, 0) is 22.4 Å².